The summed E-state index contributed by atoms with van der Waals surface area (Å²) in [5, 5.41) is 7.63. The highest BCUT2D eigenvalue weighted by Crippen LogP contribution is 2.22. The topological polar surface area (TPSA) is 74.7 Å². The highest BCUT2D eigenvalue weighted by molar-refractivity contribution is 7.94. The van der Waals surface area contributed by atoms with Gasteiger partial charge in [0.25, 0.3) is 0 Å². The molecule has 6 heteroatoms. The molecule has 5 nitrogen and oxygen atoms in total. The molecule has 0 spiro atoms. The maximum atomic E-state index is 12.3. The maximum absolute atomic E-state index is 12.3. The lowest BCUT2D eigenvalue weighted by Crippen LogP contribution is -2.43. The molecular weight excluding hydrogens is 254 g/mol. The van der Waals surface area contributed by atoms with Crippen LogP contribution in [-0.4, -0.2) is 31.8 Å². The zero-order valence-corrected chi connectivity index (χ0v) is 11.4. The average molecular weight is 271 g/mol. The summed E-state index contributed by atoms with van der Waals surface area (Å²) in [6.45, 7) is 3.16. The number of carbonyl (C=O) groups is 1. The van der Waals surface area contributed by atoms with Crippen LogP contribution in [0.4, 0.5) is 5.69 Å². The van der Waals surface area contributed by atoms with Crippen LogP contribution in [-0.2, 0) is 14.8 Å². The molecule has 0 amide bonds. The Balaban J connectivity index is 3.17. The van der Waals surface area contributed by atoms with Crippen molar-refractivity contribution < 1.29 is 18.3 Å². The van der Waals surface area contributed by atoms with Crippen molar-refractivity contribution in [2.45, 2.75) is 19.1 Å². The summed E-state index contributed by atoms with van der Waals surface area (Å²) in [7, 11) is -2.55. The van der Waals surface area contributed by atoms with E-state index in [1.807, 2.05) is 0 Å². The summed E-state index contributed by atoms with van der Waals surface area (Å²) in [5.41, 5.74) is 0.449. The summed E-state index contributed by atoms with van der Waals surface area (Å²) in [4.78, 5) is 11.1. The molecule has 0 heterocycles. The van der Waals surface area contributed by atoms with Crippen molar-refractivity contribution in [3.63, 3.8) is 0 Å². The quantitative estimate of drug-likeness (QED) is 0.882. The zero-order valence-electron chi connectivity index (χ0n) is 10.6. The van der Waals surface area contributed by atoms with E-state index < -0.39 is 27.2 Å². The second-order valence-electron chi connectivity index (χ2n) is 4.35. The van der Waals surface area contributed by atoms with Crippen molar-refractivity contribution in [3.05, 3.63) is 30.3 Å². The van der Waals surface area contributed by atoms with E-state index in [2.05, 4.69) is 0 Å². The second-order valence-corrected chi connectivity index (χ2v) is 6.44. The molecule has 0 aliphatic carbocycles. The van der Waals surface area contributed by atoms with Gasteiger partial charge in [-0.05, 0) is 18.1 Å². The molecule has 1 N–H and O–H groups in total. The molecule has 1 atom stereocenters. The van der Waals surface area contributed by atoms with E-state index in [-0.39, 0.29) is 0 Å². The van der Waals surface area contributed by atoms with Crippen LogP contribution in [0.15, 0.2) is 30.3 Å². The number of benzene rings is 1. The molecule has 0 saturated carbocycles. The van der Waals surface area contributed by atoms with Crippen molar-refractivity contribution in [2.75, 3.05) is 11.4 Å². The third-order valence-electron chi connectivity index (χ3n) is 2.67. The van der Waals surface area contributed by atoms with Gasteiger partial charge >= 0.3 is 5.97 Å². The summed E-state index contributed by atoms with van der Waals surface area (Å²) >= 11 is 0. The van der Waals surface area contributed by atoms with Crippen LogP contribution in [0.1, 0.15) is 13.8 Å². The Morgan fingerprint density at radius 2 is 1.72 bits per heavy atom. The van der Waals surface area contributed by atoms with Crippen molar-refractivity contribution >= 4 is 21.7 Å². The first kappa shape index (κ1) is 14.5. The van der Waals surface area contributed by atoms with Gasteiger partial charge in [-0.3, -0.25) is 9.10 Å². The highest BCUT2D eigenvalue weighted by atomic mass is 32.2. The van der Waals surface area contributed by atoms with Gasteiger partial charge < -0.3 is 5.11 Å². The van der Waals surface area contributed by atoms with Gasteiger partial charge in [-0.1, -0.05) is 32.0 Å². The Morgan fingerprint density at radius 1 is 1.22 bits per heavy atom. The first-order valence-electron chi connectivity index (χ1n) is 5.54. The van der Waals surface area contributed by atoms with Crippen LogP contribution < -0.4 is 4.31 Å². The lowest BCUT2D eigenvalue weighted by molar-refractivity contribution is -0.137. The number of hydrogen-bond acceptors (Lipinski definition) is 3. The van der Waals surface area contributed by atoms with Crippen molar-refractivity contribution in [3.8, 4) is 0 Å². The Morgan fingerprint density at radius 3 is 2.11 bits per heavy atom. The second kappa shape index (κ2) is 5.39. The van der Waals surface area contributed by atoms with E-state index in [4.69, 9.17) is 5.11 Å². The third kappa shape index (κ3) is 2.81. The third-order valence-corrected chi connectivity index (χ3v) is 5.03. The molecule has 1 aromatic carbocycles. The molecule has 0 aliphatic rings. The van der Waals surface area contributed by atoms with Crippen LogP contribution in [0.3, 0.4) is 0 Å². The van der Waals surface area contributed by atoms with Crippen LogP contribution in [0.25, 0.3) is 0 Å². The minimum atomic E-state index is -3.92. The Labute approximate surface area is 107 Å². The summed E-state index contributed by atoms with van der Waals surface area (Å²) in [6, 6.07) is 8.41. The molecule has 0 radical (unpaired) electrons. The predicted octanol–water partition coefficient (Wildman–Crippen LogP) is 1.56. The van der Waals surface area contributed by atoms with Crippen LogP contribution in [0.5, 0.6) is 0 Å². The van der Waals surface area contributed by atoms with E-state index in [1.54, 1.807) is 44.2 Å². The smallest absolute Gasteiger partial charge is 0.324 e. The highest BCUT2D eigenvalue weighted by Gasteiger charge is 2.38. The minimum Gasteiger partial charge on any atom is -0.480 e. The SMILES string of the molecule is CC(C)C(C(=O)O)S(=O)(=O)N(C)c1ccccc1. The maximum Gasteiger partial charge on any atom is 0.324 e. The molecule has 0 aliphatic heterocycles. The first-order valence-corrected chi connectivity index (χ1v) is 7.04. The van der Waals surface area contributed by atoms with Crippen molar-refractivity contribution in [2.24, 2.45) is 5.92 Å². The van der Waals surface area contributed by atoms with Gasteiger partial charge in [-0.15, -0.1) is 0 Å². The monoisotopic (exact) mass is 271 g/mol. The van der Waals surface area contributed by atoms with Crippen LogP contribution in [0.2, 0.25) is 0 Å². The van der Waals surface area contributed by atoms with E-state index >= 15 is 0 Å². The fraction of sp³-hybridized carbons (Fsp3) is 0.417. The first-order chi connectivity index (χ1) is 8.28. The van der Waals surface area contributed by atoms with Crippen molar-refractivity contribution in [1.29, 1.82) is 0 Å². The lowest BCUT2D eigenvalue weighted by Gasteiger charge is -2.25. The molecule has 0 aromatic heterocycles. The molecule has 100 valence electrons. The Kier molecular flexibility index (Phi) is 4.34. The number of para-hydroxylation sites is 1. The molecule has 0 fully saturated rings. The number of rotatable bonds is 5. The van der Waals surface area contributed by atoms with E-state index in [9.17, 15) is 13.2 Å². The van der Waals surface area contributed by atoms with Gasteiger partial charge in [0, 0.05) is 7.05 Å². The number of carboxylic acid groups (broad SMARTS) is 1. The van der Waals surface area contributed by atoms with E-state index in [0.717, 1.165) is 4.31 Å². The van der Waals surface area contributed by atoms with Gasteiger partial charge in [0.2, 0.25) is 10.0 Å². The fourth-order valence-electron chi connectivity index (χ4n) is 1.71. The zero-order chi connectivity index (χ0) is 13.9. The summed E-state index contributed by atoms with van der Waals surface area (Å²) in [5.74, 6) is -1.83. The molecule has 1 unspecified atom stereocenters. The molecule has 1 aromatic rings. The molecular formula is C12H17NO4S. The summed E-state index contributed by atoms with van der Waals surface area (Å²) < 4.78 is 25.5. The standard InChI is InChI=1S/C12H17NO4S/c1-9(2)11(12(14)15)18(16,17)13(3)10-7-5-4-6-8-10/h4-9,11H,1-3H3,(H,14,15). The van der Waals surface area contributed by atoms with Gasteiger partial charge in [0.1, 0.15) is 0 Å². The van der Waals surface area contributed by atoms with Gasteiger partial charge in [0.05, 0.1) is 5.69 Å². The molecule has 18 heavy (non-hydrogen) atoms. The summed E-state index contributed by atoms with van der Waals surface area (Å²) in [6.07, 6.45) is 0. The van der Waals surface area contributed by atoms with E-state index in [0.29, 0.717) is 5.69 Å². The van der Waals surface area contributed by atoms with Gasteiger partial charge in [-0.2, -0.15) is 0 Å². The molecule has 1 rings (SSSR count). The predicted molar refractivity (Wildman–Crippen MR) is 70.0 cm³/mol. The molecule has 0 saturated heterocycles. The number of nitrogens with zero attached hydrogens (tertiary/aromatic N) is 1. The minimum absolute atomic E-state index is 0.449. The van der Waals surface area contributed by atoms with Gasteiger partial charge in [-0.25, -0.2) is 8.42 Å². The Hall–Kier alpha value is -1.56. The van der Waals surface area contributed by atoms with Gasteiger partial charge in [0.15, 0.2) is 5.25 Å². The Bertz CT molecular complexity index is 510. The van der Waals surface area contributed by atoms with Crippen LogP contribution >= 0.6 is 0 Å². The lowest BCUT2D eigenvalue weighted by atomic mass is 10.1. The number of anilines is 1. The fourth-order valence-corrected chi connectivity index (χ4v) is 3.41. The largest absolute Gasteiger partial charge is 0.480 e. The number of carboxylic acids is 1. The van der Waals surface area contributed by atoms with Crippen LogP contribution in [0, 0.1) is 5.92 Å². The van der Waals surface area contributed by atoms with E-state index in [1.165, 1.54) is 7.05 Å². The van der Waals surface area contributed by atoms with Crippen molar-refractivity contribution in [1.82, 2.24) is 0 Å². The molecule has 0 bridgehead atoms. The number of hydrogen-bond donors (Lipinski definition) is 1. The number of sulfonamides is 1. The normalized spacial score (nSPS) is 13.3. The number of aliphatic carboxylic acids is 1. The average Bonchev–Trinajstić information content (AvgIpc) is 2.27.